The number of quaternary nitrogens is 1. The second kappa shape index (κ2) is 16.3. The molecule has 2 unspecified atom stereocenters. The fourth-order valence-corrected chi connectivity index (χ4v) is 8.72. The molecule has 1 aromatic heterocycles. The summed E-state index contributed by atoms with van der Waals surface area (Å²) < 4.78 is 27.1. The summed E-state index contributed by atoms with van der Waals surface area (Å²) >= 11 is 0. The number of amides is 4. The maximum Gasteiger partial charge on any atom is 0.347 e. The molecule has 4 amide bonds. The SMILES string of the molecule is Cc1cnc(Nc2ccc(N3CCN(CC(=O)NNc4ccc5c(c4)C(=O)[N+]([O-])(C4CCC(=O)NC4=O)C5)CC3)cc2)nc1Nc1cccc(S(=O)(=O)NC(C)(C)C)c1. The predicted octanol–water partition coefficient (Wildman–Crippen LogP) is 3.39. The van der Waals surface area contributed by atoms with Crippen LogP contribution in [0, 0.1) is 12.1 Å². The lowest BCUT2D eigenvalue weighted by atomic mass is 10.0. The zero-order valence-corrected chi connectivity index (χ0v) is 34.0. The largest absolute Gasteiger partial charge is 0.624 e. The highest BCUT2D eigenvalue weighted by molar-refractivity contribution is 7.89. The van der Waals surface area contributed by atoms with Crippen LogP contribution < -0.4 is 36.4 Å². The van der Waals surface area contributed by atoms with Crippen molar-refractivity contribution in [2.75, 3.05) is 53.7 Å². The Hall–Kier alpha value is -5.99. The first-order chi connectivity index (χ1) is 28.0. The number of hydrazine groups is 1. The molecule has 2 fully saturated rings. The highest BCUT2D eigenvalue weighted by atomic mass is 32.2. The van der Waals surface area contributed by atoms with Crippen molar-refractivity contribution < 1.29 is 32.2 Å². The first-order valence-electron chi connectivity index (χ1n) is 19.2. The van der Waals surface area contributed by atoms with Crippen LogP contribution in [0.25, 0.3) is 0 Å². The summed E-state index contributed by atoms with van der Waals surface area (Å²) in [5.74, 6) is -1.32. The van der Waals surface area contributed by atoms with Gasteiger partial charge in [0.1, 0.15) is 12.4 Å². The van der Waals surface area contributed by atoms with Gasteiger partial charge >= 0.3 is 5.91 Å². The van der Waals surface area contributed by atoms with Gasteiger partial charge in [-0.1, -0.05) is 12.1 Å². The maximum atomic E-state index is 13.6. The zero-order chi connectivity index (χ0) is 42.1. The molecule has 4 heterocycles. The van der Waals surface area contributed by atoms with Crippen LogP contribution in [-0.2, 0) is 31.0 Å². The number of aromatic nitrogens is 2. The van der Waals surface area contributed by atoms with Gasteiger partial charge in [-0.05, 0) is 82.3 Å². The number of nitrogens with zero attached hydrogens (tertiary/aromatic N) is 5. The number of carbonyl (C=O) groups is 4. The summed E-state index contributed by atoms with van der Waals surface area (Å²) in [6.07, 6.45) is 1.69. The first kappa shape index (κ1) is 41.2. The number of hydrogen-bond donors (Lipinski definition) is 6. The molecule has 59 heavy (non-hydrogen) atoms. The van der Waals surface area contributed by atoms with Crippen molar-refractivity contribution in [3.05, 3.63) is 94.8 Å². The van der Waals surface area contributed by atoms with Crippen molar-refractivity contribution in [2.45, 2.75) is 63.6 Å². The number of piperazine rings is 1. The molecular formula is C40H47N11O7S. The number of imide groups is 1. The molecule has 2 saturated heterocycles. The summed E-state index contributed by atoms with van der Waals surface area (Å²) in [6, 6.07) is 18.0. The van der Waals surface area contributed by atoms with E-state index in [4.69, 9.17) is 0 Å². The number of piperidine rings is 1. The van der Waals surface area contributed by atoms with Gasteiger partial charge in [0.05, 0.1) is 22.7 Å². The molecule has 3 aromatic carbocycles. The molecule has 2 atom stereocenters. The Kier molecular flexibility index (Phi) is 11.4. The molecule has 310 valence electrons. The average molecular weight is 826 g/mol. The lowest BCUT2D eigenvalue weighted by molar-refractivity contribution is -0.825. The van der Waals surface area contributed by atoms with Crippen molar-refractivity contribution in [3.63, 3.8) is 0 Å². The number of fused-ring (bicyclic) bond motifs is 1. The molecule has 0 radical (unpaired) electrons. The van der Waals surface area contributed by atoms with E-state index in [2.05, 4.69) is 46.4 Å². The van der Waals surface area contributed by atoms with Crippen molar-refractivity contribution in [3.8, 4) is 0 Å². The molecule has 3 aliphatic rings. The van der Waals surface area contributed by atoms with Crippen LogP contribution in [-0.4, -0.2) is 95.9 Å². The summed E-state index contributed by atoms with van der Waals surface area (Å²) in [6.45, 7) is 9.87. The van der Waals surface area contributed by atoms with Crippen LogP contribution in [0.5, 0.6) is 0 Å². The number of sulfonamides is 1. The Labute approximate surface area is 342 Å². The number of carbonyl (C=O) groups excluding carboxylic acids is 4. The number of nitrogens with one attached hydrogen (secondary N) is 6. The molecule has 4 aromatic rings. The number of anilines is 6. The highest BCUT2D eigenvalue weighted by Crippen LogP contribution is 2.35. The molecule has 0 saturated carbocycles. The Morgan fingerprint density at radius 1 is 0.949 bits per heavy atom. The Morgan fingerprint density at radius 2 is 1.68 bits per heavy atom. The normalized spacial score (nSPS) is 19.8. The third kappa shape index (κ3) is 9.50. The van der Waals surface area contributed by atoms with E-state index in [-0.39, 0.29) is 42.3 Å². The number of benzene rings is 3. The first-order valence-corrected chi connectivity index (χ1v) is 20.7. The maximum absolute atomic E-state index is 13.6. The van der Waals surface area contributed by atoms with Gasteiger partial charge in [0.15, 0.2) is 6.04 Å². The summed E-state index contributed by atoms with van der Waals surface area (Å²) in [4.78, 5) is 63.5. The lowest BCUT2D eigenvalue weighted by Gasteiger charge is -2.42. The molecule has 0 aliphatic carbocycles. The van der Waals surface area contributed by atoms with Crippen molar-refractivity contribution >= 4 is 68.2 Å². The van der Waals surface area contributed by atoms with E-state index in [1.54, 1.807) is 63.4 Å². The van der Waals surface area contributed by atoms with E-state index in [1.165, 1.54) is 6.07 Å². The molecule has 18 nitrogen and oxygen atoms in total. The monoisotopic (exact) mass is 825 g/mol. The molecular weight excluding hydrogens is 779 g/mol. The van der Waals surface area contributed by atoms with Gasteiger partial charge in [0.25, 0.3) is 11.8 Å². The third-order valence-corrected chi connectivity index (χ3v) is 12.0. The summed E-state index contributed by atoms with van der Waals surface area (Å²) in [7, 11) is -3.72. The number of rotatable bonds is 12. The van der Waals surface area contributed by atoms with Crippen LogP contribution >= 0.6 is 0 Å². The molecule has 0 spiro atoms. The molecule has 6 N–H and O–H groups in total. The second-order valence-corrected chi connectivity index (χ2v) is 17.6. The van der Waals surface area contributed by atoms with E-state index in [9.17, 15) is 32.8 Å². The smallest absolute Gasteiger partial charge is 0.347 e. The summed E-state index contributed by atoms with van der Waals surface area (Å²) in [5.41, 5.74) is 9.11. The highest BCUT2D eigenvalue weighted by Gasteiger charge is 2.49. The molecule has 7 rings (SSSR count). The van der Waals surface area contributed by atoms with Crippen molar-refractivity contribution in [1.82, 2.24) is 30.3 Å². The molecule has 0 bridgehead atoms. The Bertz CT molecular complexity index is 2400. The number of aryl methyl sites for hydroxylation is 1. The third-order valence-electron chi connectivity index (χ3n) is 10.2. The van der Waals surface area contributed by atoms with Crippen LogP contribution in [0.3, 0.4) is 0 Å². The standard InChI is InChI=1S/C40H47N11O7S/c1-25-22-41-39(45-36(25)42-28-6-5-7-31(20-28)59(57,58)48-40(2,3)4)43-27-10-12-30(13-11-27)50-18-16-49(17-19-50)23-35(53)47-46-29-9-8-26-24-51(56,38(55)32(26)21-29)33-14-15-34(52)44-37(33)54/h5-13,20-22,33,46,48H,14-19,23-24H2,1-4H3,(H,47,53)(H,44,52,54)(H2,41,42,43,45). The summed E-state index contributed by atoms with van der Waals surface area (Å²) in [5, 5.41) is 22.2. The van der Waals surface area contributed by atoms with Gasteiger partial charge < -0.3 is 20.7 Å². The fourth-order valence-electron chi connectivity index (χ4n) is 7.25. The van der Waals surface area contributed by atoms with E-state index >= 15 is 0 Å². The minimum atomic E-state index is -3.72. The second-order valence-electron chi connectivity index (χ2n) is 15.9. The van der Waals surface area contributed by atoms with E-state index in [0.29, 0.717) is 54.9 Å². The van der Waals surface area contributed by atoms with Gasteiger partial charge in [-0.2, -0.15) is 4.98 Å². The van der Waals surface area contributed by atoms with Crippen LogP contribution in [0.4, 0.5) is 34.5 Å². The van der Waals surface area contributed by atoms with Crippen molar-refractivity contribution in [2.24, 2.45) is 0 Å². The van der Waals surface area contributed by atoms with Gasteiger partial charge in [0.2, 0.25) is 21.9 Å². The Balaban J connectivity index is 0.875. The molecule has 3 aliphatic heterocycles. The average Bonchev–Trinajstić information content (AvgIpc) is 3.44. The predicted molar refractivity (Wildman–Crippen MR) is 221 cm³/mol. The number of hydroxylamine groups is 3. The van der Waals surface area contributed by atoms with Crippen LogP contribution in [0.15, 0.2) is 77.8 Å². The number of hydrogen-bond acceptors (Lipinski definition) is 14. The molecule has 19 heteroatoms. The van der Waals surface area contributed by atoms with Gasteiger partial charge in [0, 0.05) is 78.9 Å². The van der Waals surface area contributed by atoms with Crippen LogP contribution in [0.2, 0.25) is 0 Å². The van der Waals surface area contributed by atoms with Crippen molar-refractivity contribution in [1.29, 1.82) is 0 Å². The van der Waals surface area contributed by atoms with Gasteiger partial charge in [-0.3, -0.25) is 40.1 Å². The minimum Gasteiger partial charge on any atom is -0.624 e. The Morgan fingerprint density at radius 3 is 2.39 bits per heavy atom. The van der Waals surface area contributed by atoms with Gasteiger partial charge in [-0.15, -0.1) is 0 Å². The van der Waals surface area contributed by atoms with E-state index in [1.807, 2.05) is 36.1 Å². The quantitative estimate of drug-likeness (QED) is 0.0521. The van der Waals surface area contributed by atoms with E-state index < -0.39 is 44.0 Å². The van der Waals surface area contributed by atoms with Gasteiger partial charge in [-0.25, -0.2) is 22.9 Å². The lowest BCUT2D eigenvalue weighted by Crippen LogP contribution is -2.60. The van der Waals surface area contributed by atoms with E-state index in [0.717, 1.165) is 16.9 Å². The van der Waals surface area contributed by atoms with Crippen LogP contribution in [0.1, 0.15) is 55.1 Å². The fraction of sp³-hybridized carbons (Fsp3) is 0.350. The zero-order valence-electron chi connectivity index (χ0n) is 33.2. The minimum absolute atomic E-state index is 0.00205. The topological polar surface area (TPSA) is 230 Å².